The van der Waals surface area contributed by atoms with Gasteiger partial charge in [0.15, 0.2) is 18.1 Å². The highest BCUT2D eigenvalue weighted by molar-refractivity contribution is 5.95. The molecule has 0 fully saturated rings. The lowest BCUT2D eigenvalue weighted by atomic mass is 10.2. The zero-order valence-corrected chi connectivity index (χ0v) is 17.4. The van der Waals surface area contributed by atoms with Gasteiger partial charge in [-0.2, -0.15) is 5.10 Å². The fourth-order valence-electron chi connectivity index (χ4n) is 2.69. The molecule has 3 rings (SSSR count). The molecule has 0 radical (unpaired) electrons. The van der Waals surface area contributed by atoms with Crippen molar-refractivity contribution in [1.29, 1.82) is 0 Å². The average Bonchev–Trinajstić information content (AvgIpc) is 2.82. The predicted octanol–water partition coefficient (Wildman–Crippen LogP) is 3.50. The molecule has 0 aliphatic rings. The number of carbonyl (C=O) groups is 2. The van der Waals surface area contributed by atoms with E-state index in [0.717, 1.165) is 5.56 Å². The van der Waals surface area contributed by atoms with E-state index in [4.69, 9.17) is 19.3 Å². The van der Waals surface area contributed by atoms with Crippen LogP contribution in [0.4, 0.5) is 0 Å². The fraction of sp³-hybridized carbons (Fsp3) is 0.125. The molecule has 1 amide bonds. The summed E-state index contributed by atoms with van der Waals surface area (Å²) in [7, 11) is 1.51. The Bertz CT molecular complexity index is 1080. The second kappa shape index (κ2) is 11.2. The van der Waals surface area contributed by atoms with Crippen molar-refractivity contribution in [3.05, 3.63) is 89.5 Å². The molecule has 32 heavy (non-hydrogen) atoms. The summed E-state index contributed by atoms with van der Waals surface area (Å²) in [4.78, 5) is 22.9. The molecule has 0 aliphatic heterocycles. The number of benzene rings is 3. The summed E-state index contributed by atoms with van der Waals surface area (Å²) in [5.74, 6) is -0.0623. The maximum Gasteiger partial charge on any atom is 0.341 e. The first kappa shape index (κ1) is 22.4. The molecule has 0 aliphatic carbocycles. The van der Waals surface area contributed by atoms with E-state index in [1.54, 1.807) is 42.5 Å². The van der Waals surface area contributed by atoms with E-state index in [9.17, 15) is 9.59 Å². The first-order valence-corrected chi connectivity index (χ1v) is 9.68. The Morgan fingerprint density at radius 1 is 0.969 bits per heavy atom. The van der Waals surface area contributed by atoms with Crippen LogP contribution in [0.15, 0.2) is 77.9 Å². The largest absolute Gasteiger partial charge is 0.493 e. The van der Waals surface area contributed by atoms with Crippen molar-refractivity contribution in [2.24, 2.45) is 5.10 Å². The van der Waals surface area contributed by atoms with Crippen LogP contribution in [0.1, 0.15) is 21.5 Å². The second-order valence-corrected chi connectivity index (χ2v) is 6.59. The predicted molar refractivity (Wildman–Crippen MR) is 118 cm³/mol. The number of nitrogens with zero attached hydrogens (tertiary/aromatic N) is 1. The molecule has 0 saturated heterocycles. The number of amides is 1. The number of carboxylic acid groups (broad SMARTS) is 1. The van der Waals surface area contributed by atoms with Gasteiger partial charge in [-0.15, -0.1) is 0 Å². The third kappa shape index (κ3) is 6.60. The number of ether oxygens (including phenoxy) is 3. The molecule has 164 valence electrons. The molecule has 0 bridgehead atoms. The lowest BCUT2D eigenvalue weighted by Crippen LogP contribution is -2.17. The van der Waals surface area contributed by atoms with Crippen LogP contribution in [0.5, 0.6) is 17.2 Å². The summed E-state index contributed by atoms with van der Waals surface area (Å²) in [6, 6.07) is 21.2. The van der Waals surface area contributed by atoms with E-state index < -0.39 is 18.5 Å². The van der Waals surface area contributed by atoms with Crippen LogP contribution >= 0.6 is 0 Å². The number of hydrogen-bond acceptors (Lipinski definition) is 6. The lowest BCUT2D eigenvalue weighted by molar-refractivity contribution is -0.139. The molecule has 2 N–H and O–H groups in total. The highest BCUT2D eigenvalue weighted by atomic mass is 16.5. The Kier molecular flexibility index (Phi) is 7.80. The number of carbonyl (C=O) groups excluding carboxylic acids is 1. The number of rotatable bonds is 10. The van der Waals surface area contributed by atoms with Gasteiger partial charge in [0.25, 0.3) is 5.91 Å². The molecule has 0 spiro atoms. The van der Waals surface area contributed by atoms with Gasteiger partial charge in [-0.1, -0.05) is 30.3 Å². The number of aliphatic carboxylic acids is 1. The van der Waals surface area contributed by atoms with Crippen LogP contribution in [-0.2, 0) is 11.4 Å². The molecular formula is C24H22N2O6. The van der Waals surface area contributed by atoms with Gasteiger partial charge in [0.2, 0.25) is 0 Å². The first-order valence-electron chi connectivity index (χ1n) is 9.68. The number of carboxylic acids is 1. The maximum absolute atomic E-state index is 12.4. The van der Waals surface area contributed by atoms with E-state index in [2.05, 4.69) is 10.5 Å². The summed E-state index contributed by atoms with van der Waals surface area (Å²) in [6.45, 7) is -0.0315. The monoisotopic (exact) mass is 434 g/mol. The Morgan fingerprint density at radius 2 is 1.72 bits per heavy atom. The van der Waals surface area contributed by atoms with Gasteiger partial charge in [-0.25, -0.2) is 10.2 Å². The number of hydrazone groups is 1. The molecule has 3 aromatic carbocycles. The highest BCUT2D eigenvalue weighted by Gasteiger charge is 2.11. The molecule has 0 heterocycles. The van der Waals surface area contributed by atoms with E-state index in [1.165, 1.54) is 13.3 Å². The van der Waals surface area contributed by atoms with Gasteiger partial charge in [-0.3, -0.25) is 4.79 Å². The molecule has 0 atom stereocenters. The molecule has 8 heteroatoms. The Morgan fingerprint density at radius 3 is 2.41 bits per heavy atom. The summed E-state index contributed by atoms with van der Waals surface area (Å²) in [5.41, 5.74) is 4.54. The van der Waals surface area contributed by atoms with Crippen molar-refractivity contribution in [2.45, 2.75) is 6.61 Å². The minimum atomic E-state index is -1.05. The van der Waals surface area contributed by atoms with Crippen LogP contribution in [0.25, 0.3) is 0 Å². The summed E-state index contributed by atoms with van der Waals surface area (Å²) in [6.07, 6.45) is 1.47. The minimum Gasteiger partial charge on any atom is -0.493 e. The quantitative estimate of drug-likeness (QED) is 0.374. The second-order valence-electron chi connectivity index (χ2n) is 6.59. The molecule has 0 saturated carbocycles. The van der Waals surface area contributed by atoms with Crippen LogP contribution < -0.4 is 19.6 Å². The molecule has 8 nitrogen and oxygen atoms in total. The lowest BCUT2D eigenvalue weighted by Gasteiger charge is -2.12. The van der Waals surface area contributed by atoms with Gasteiger partial charge in [0.05, 0.1) is 13.3 Å². The van der Waals surface area contributed by atoms with Gasteiger partial charge in [0.1, 0.15) is 12.4 Å². The third-order valence-electron chi connectivity index (χ3n) is 4.29. The number of hydrogen-bond donors (Lipinski definition) is 2. The average molecular weight is 434 g/mol. The molecular weight excluding hydrogens is 412 g/mol. The van der Waals surface area contributed by atoms with Crippen molar-refractivity contribution in [1.82, 2.24) is 5.43 Å². The minimum absolute atomic E-state index is 0.364. The third-order valence-corrected chi connectivity index (χ3v) is 4.29. The number of methoxy groups -OCH3 is 1. The molecule has 3 aromatic rings. The summed E-state index contributed by atoms with van der Waals surface area (Å²) < 4.78 is 16.2. The Balaban J connectivity index is 1.56. The van der Waals surface area contributed by atoms with Gasteiger partial charge in [-0.05, 0) is 53.6 Å². The molecule has 0 aromatic heterocycles. The smallest absolute Gasteiger partial charge is 0.341 e. The van der Waals surface area contributed by atoms with Crippen molar-refractivity contribution in [3.63, 3.8) is 0 Å². The van der Waals surface area contributed by atoms with Crippen molar-refractivity contribution < 1.29 is 28.9 Å². The normalized spacial score (nSPS) is 10.5. The van der Waals surface area contributed by atoms with Crippen LogP contribution in [0, 0.1) is 0 Å². The topological polar surface area (TPSA) is 106 Å². The van der Waals surface area contributed by atoms with Crippen LogP contribution in [0.2, 0.25) is 0 Å². The zero-order valence-electron chi connectivity index (χ0n) is 17.4. The molecule has 0 unspecified atom stereocenters. The van der Waals surface area contributed by atoms with Crippen LogP contribution in [-0.4, -0.2) is 36.9 Å². The standard InChI is InChI=1S/C24H22N2O6/c1-30-22-13-19(9-12-21(22)32-15-18-5-3-2-4-6-18)24(29)26-25-14-17-7-10-20(11-8-17)31-16-23(27)28/h2-14H,15-16H2,1H3,(H,26,29)(H,27,28)/b25-14+. The van der Waals surface area contributed by atoms with Gasteiger partial charge >= 0.3 is 5.97 Å². The van der Waals surface area contributed by atoms with E-state index in [-0.39, 0.29) is 0 Å². The maximum atomic E-state index is 12.4. The van der Waals surface area contributed by atoms with Crippen molar-refractivity contribution >= 4 is 18.1 Å². The van der Waals surface area contributed by atoms with E-state index in [1.807, 2.05) is 30.3 Å². The Hall–Kier alpha value is -4.33. The van der Waals surface area contributed by atoms with Gasteiger partial charge < -0.3 is 19.3 Å². The SMILES string of the molecule is COc1cc(C(=O)N/N=C/c2ccc(OCC(=O)O)cc2)ccc1OCc1ccccc1. The number of nitrogens with one attached hydrogen (secondary N) is 1. The fourth-order valence-corrected chi connectivity index (χ4v) is 2.69. The Labute approximate surface area is 185 Å². The first-order chi connectivity index (χ1) is 15.5. The zero-order chi connectivity index (χ0) is 22.8. The summed E-state index contributed by atoms with van der Waals surface area (Å²) in [5, 5.41) is 12.6. The van der Waals surface area contributed by atoms with Crippen molar-refractivity contribution in [2.75, 3.05) is 13.7 Å². The van der Waals surface area contributed by atoms with Crippen molar-refractivity contribution in [3.8, 4) is 17.2 Å². The van der Waals surface area contributed by atoms with E-state index >= 15 is 0 Å². The highest BCUT2D eigenvalue weighted by Crippen LogP contribution is 2.28. The van der Waals surface area contributed by atoms with Gasteiger partial charge in [0, 0.05) is 5.56 Å². The van der Waals surface area contributed by atoms with Crippen LogP contribution in [0.3, 0.4) is 0 Å². The van der Waals surface area contributed by atoms with E-state index in [0.29, 0.717) is 35.0 Å². The summed E-state index contributed by atoms with van der Waals surface area (Å²) >= 11 is 0.